The Balaban J connectivity index is 1.69. The van der Waals surface area contributed by atoms with Crippen LogP contribution in [0, 0.1) is 0 Å². The number of H-pyrrole nitrogens is 1. The highest BCUT2D eigenvalue weighted by Crippen LogP contribution is 2.27. The lowest BCUT2D eigenvalue weighted by atomic mass is 10.0. The van der Waals surface area contributed by atoms with Crippen LogP contribution in [0.15, 0.2) is 46.9 Å². The molecule has 1 fully saturated rings. The second kappa shape index (κ2) is 8.52. The number of fused-ring (bicyclic) bond motifs is 1. The van der Waals surface area contributed by atoms with E-state index in [2.05, 4.69) is 31.5 Å². The molecule has 3 aromatic rings. The Morgan fingerprint density at radius 1 is 1.11 bits per heavy atom. The molecule has 4 rings (SSSR count). The van der Waals surface area contributed by atoms with Gasteiger partial charge in [0, 0.05) is 26.4 Å². The van der Waals surface area contributed by atoms with Gasteiger partial charge in [0.05, 0.1) is 11.3 Å². The molecular formula is C22H21BrClN3O. The molecule has 1 amide bonds. The molecule has 0 atom stereocenters. The zero-order chi connectivity index (χ0) is 19.5. The first-order valence-electron chi connectivity index (χ1n) is 9.36. The number of amides is 1. The zero-order valence-electron chi connectivity index (χ0n) is 15.3. The van der Waals surface area contributed by atoms with Crippen LogP contribution in [0.4, 0.5) is 0 Å². The molecule has 0 bridgehead atoms. The van der Waals surface area contributed by atoms with E-state index in [1.165, 1.54) is 0 Å². The van der Waals surface area contributed by atoms with Crippen LogP contribution in [-0.4, -0.2) is 30.0 Å². The van der Waals surface area contributed by atoms with Crippen molar-refractivity contribution < 1.29 is 4.79 Å². The number of aromatic amines is 1. The van der Waals surface area contributed by atoms with Crippen LogP contribution >= 0.6 is 27.5 Å². The number of carbonyl (C=O) groups excluding carboxylic acids is 1. The minimum Gasteiger partial charge on any atom is -0.354 e. The summed E-state index contributed by atoms with van der Waals surface area (Å²) in [5.74, 6) is -0.0313. The van der Waals surface area contributed by atoms with E-state index in [4.69, 9.17) is 11.6 Å². The number of carbonyl (C=O) groups is 1. The summed E-state index contributed by atoms with van der Waals surface area (Å²) in [4.78, 5) is 16.5. The normalized spacial score (nSPS) is 15.4. The molecule has 0 saturated carbocycles. The quantitative estimate of drug-likeness (QED) is 0.501. The largest absolute Gasteiger partial charge is 0.354 e. The van der Waals surface area contributed by atoms with E-state index in [0.29, 0.717) is 10.6 Å². The molecule has 0 radical (unpaired) electrons. The van der Waals surface area contributed by atoms with Crippen molar-refractivity contribution in [1.29, 1.82) is 0 Å². The SMILES string of the molecule is O=C(NC1CCNCC1)c1c(/C=C/c2ccc(Cl)cc2)[nH]c2cc(Br)ccc12. The topological polar surface area (TPSA) is 56.9 Å². The monoisotopic (exact) mass is 457 g/mol. The second-order valence-corrected chi connectivity index (χ2v) is 8.34. The van der Waals surface area contributed by atoms with E-state index in [-0.39, 0.29) is 11.9 Å². The fourth-order valence-electron chi connectivity index (χ4n) is 3.54. The van der Waals surface area contributed by atoms with E-state index >= 15 is 0 Å². The van der Waals surface area contributed by atoms with Crippen molar-refractivity contribution in [3.05, 3.63) is 68.8 Å². The maximum atomic E-state index is 13.1. The molecule has 28 heavy (non-hydrogen) atoms. The third-order valence-corrected chi connectivity index (χ3v) is 5.75. The zero-order valence-corrected chi connectivity index (χ0v) is 17.6. The van der Waals surface area contributed by atoms with Crippen molar-refractivity contribution >= 4 is 56.5 Å². The number of rotatable bonds is 4. The maximum Gasteiger partial charge on any atom is 0.254 e. The van der Waals surface area contributed by atoms with Crippen molar-refractivity contribution in [3.8, 4) is 0 Å². The maximum absolute atomic E-state index is 13.1. The first kappa shape index (κ1) is 19.2. The van der Waals surface area contributed by atoms with Gasteiger partial charge in [-0.15, -0.1) is 0 Å². The highest BCUT2D eigenvalue weighted by molar-refractivity contribution is 9.10. The number of aromatic nitrogens is 1. The summed E-state index contributed by atoms with van der Waals surface area (Å²) in [6.45, 7) is 1.88. The van der Waals surface area contributed by atoms with Crippen LogP contribution in [0.5, 0.6) is 0 Å². The smallest absolute Gasteiger partial charge is 0.254 e. The standard InChI is InChI=1S/C22H21BrClN3O/c23-15-4-7-18-20(13-15)27-19(8-3-14-1-5-16(24)6-2-14)21(18)22(28)26-17-9-11-25-12-10-17/h1-8,13,17,25,27H,9-12H2,(H,26,28)/b8-3+. The predicted molar refractivity (Wildman–Crippen MR) is 120 cm³/mol. The van der Waals surface area contributed by atoms with E-state index in [9.17, 15) is 4.79 Å². The molecule has 4 nitrogen and oxygen atoms in total. The summed E-state index contributed by atoms with van der Waals surface area (Å²) in [7, 11) is 0. The molecule has 1 saturated heterocycles. The van der Waals surface area contributed by atoms with Gasteiger partial charge in [-0.25, -0.2) is 0 Å². The fourth-order valence-corrected chi connectivity index (χ4v) is 4.02. The third-order valence-electron chi connectivity index (χ3n) is 5.00. The summed E-state index contributed by atoms with van der Waals surface area (Å²) >= 11 is 9.47. The number of hydrogen-bond acceptors (Lipinski definition) is 2. The molecule has 2 heterocycles. The number of nitrogens with one attached hydrogen (secondary N) is 3. The van der Waals surface area contributed by atoms with Gasteiger partial charge in [0.25, 0.3) is 5.91 Å². The summed E-state index contributed by atoms with van der Waals surface area (Å²) < 4.78 is 0.972. The van der Waals surface area contributed by atoms with E-state index in [1.807, 2.05) is 54.6 Å². The molecule has 3 N–H and O–H groups in total. The summed E-state index contributed by atoms with van der Waals surface area (Å²) in [6, 6.07) is 13.8. The van der Waals surface area contributed by atoms with E-state index < -0.39 is 0 Å². The first-order valence-corrected chi connectivity index (χ1v) is 10.5. The predicted octanol–water partition coefficient (Wildman–Crippen LogP) is 5.24. The Kier molecular flexibility index (Phi) is 5.85. The highest BCUT2D eigenvalue weighted by atomic mass is 79.9. The molecule has 0 spiro atoms. The minimum atomic E-state index is -0.0313. The minimum absolute atomic E-state index is 0.0313. The molecule has 1 aliphatic heterocycles. The lowest BCUT2D eigenvalue weighted by Gasteiger charge is -2.23. The lowest BCUT2D eigenvalue weighted by molar-refractivity contribution is 0.0931. The van der Waals surface area contributed by atoms with E-state index in [0.717, 1.165) is 52.6 Å². The molecule has 0 aliphatic carbocycles. The Bertz CT molecular complexity index is 1020. The third kappa shape index (κ3) is 4.32. The molecule has 1 aliphatic rings. The number of hydrogen-bond donors (Lipinski definition) is 3. The number of piperidine rings is 1. The average molecular weight is 459 g/mol. The summed E-state index contributed by atoms with van der Waals surface area (Å²) in [5, 5.41) is 8.17. The van der Waals surface area contributed by atoms with Gasteiger partial charge in [-0.3, -0.25) is 4.79 Å². The Morgan fingerprint density at radius 2 is 1.86 bits per heavy atom. The molecular weight excluding hydrogens is 438 g/mol. The Labute approximate surface area is 177 Å². The van der Waals surface area contributed by atoms with Crippen molar-refractivity contribution in [1.82, 2.24) is 15.6 Å². The fraction of sp³-hybridized carbons (Fsp3) is 0.227. The number of benzene rings is 2. The van der Waals surface area contributed by atoms with Crippen LogP contribution < -0.4 is 10.6 Å². The molecule has 2 aromatic carbocycles. The van der Waals surface area contributed by atoms with E-state index in [1.54, 1.807) is 0 Å². The lowest BCUT2D eigenvalue weighted by Crippen LogP contribution is -2.42. The molecule has 1 aromatic heterocycles. The van der Waals surface area contributed by atoms with Crippen LogP contribution in [0.3, 0.4) is 0 Å². The van der Waals surface area contributed by atoms with Gasteiger partial charge < -0.3 is 15.6 Å². The Hall–Kier alpha value is -2.08. The Morgan fingerprint density at radius 3 is 2.61 bits per heavy atom. The van der Waals surface area contributed by atoms with Gasteiger partial charge in [0.2, 0.25) is 0 Å². The van der Waals surface area contributed by atoms with Gasteiger partial charge in [-0.1, -0.05) is 51.8 Å². The van der Waals surface area contributed by atoms with Gasteiger partial charge >= 0.3 is 0 Å². The van der Waals surface area contributed by atoms with Crippen LogP contribution in [-0.2, 0) is 0 Å². The first-order chi connectivity index (χ1) is 13.6. The van der Waals surface area contributed by atoms with Crippen molar-refractivity contribution in [2.45, 2.75) is 18.9 Å². The van der Waals surface area contributed by atoms with Crippen molar-refractivity contribution in [2.75, 3.05) is 13.1 Å². The molecule has 6 heteroatoms. The second-order valence-electron chi connectivity index (χ2n) is 6.99. The summed E-state index contributed by atoms with van der Waals surface area (Å²) in [6.07, 6.45) is 5.84. The van der Waals surface area contributed by atoms with Gasteiger partial charge in [0.15, 0.2) is 0 Å². The molecule has 144 valence electrons. The van der Waals surface area contributed by atoms with Crippen LogP contribution in [0.2, 0.25) is 5.02 Å². The molecule has 0 unspecified atom stereocenters. The van der Waals surface area contributed by atoms with Gasteiger partial charge in [0.1, 0.15) is 0 Å². The summed E-state index contributed by atoms with van der Waals surface area (Å²) in [5.41, 5.74) is 3.44. The highest BCUT2D eigenvalue weighted by Gasteiger charge is 2.21. The van der Waals surface area contributed by atoms with Crippen LogP contribution in [0.25, 0.3) is 23.1 Å². The van der Waals surface area contributed by atoms with Crippen molar-refractivity contribution in [3.63, 3.8) is 0 Å². The number of halogens is 2. The van der Waals surface area contributed by atoms with Gasteiger partial charge in [-0.2, -0.15) is 0 Å². The average Bonchev–Trinajstić information content (AvgIpc) is 3.06. The van der Waals surface area contributed by atoms with Crippen molar-refractivity contribution in [2.24, 2.45) is 0 Å². The van der Waals surface area contributed by atoms with Gasteiger partial charge in [-0.05, 0) is 61.8 Å². The van der Waals surface area contributed by atoms with Crippen LogP contribution in [0.1, 0.15) is 34.5 Å².